The molecule has 2 heterocycles. The van der Waals surface area contributed by atoms with Gasteiger partial charge in [0.2, 0.25) is 5.75 Å². The summed E-state index contributed by atoms with van der Waals surface area (Å²) in [6.07, 6.45) is 0.742. The lowest BCUT2D eigenvalue weighted by Gasteiger charge is -2.15. The van der Waals surface area contributed by atoms with Crippen LogP contribution in [0, 0.1) is 6.92 Å². The molecule has 0 aliphatic heterocycles. The van der Waals surface area contributed by atoms with E-state index >= 15 is 0 Å². The molecule has 0 saturated carbocycles. The van der Waals surface area contributed by atoms with Gasteiger partial charge in [-0.25, -0.2) is 4.98 Å². The summed E-state index contributed by atoms with van der Waals surface area (Å²) in [5.74, 6) is 3.74. The highest BCUT2D eigenvalue weighted by Gasteiger charge is 2.15. The van der Waals surface area contributed by atoms with Gasteiger partial charge in [-0.1, -0.05) is 6.92 Å². The smallest absolute Gasteiger partial charge is 0.254 e. The van der Waals surface area contributed by atoms with Crippen molar-refractivity contribution in [1.82, 2.24) is 19.6 Å². The predicted octanol–water partition coefficient (Wildman–Crippen LogP) is 2.76. The first-order valence-electron chi connectivity index (χ1n) is 7.90. The molecular formula is C17H21N5O3. The summed E-state index contributed by atoms with van der Waals surface area (Å²) >= 11 is 0. The summed E-state index contributed by atoms with van der Waals surface area (Å²) in [6, 6.07) is 5.57. The number of benzene rings is 1. The topological polar surface area (TPSA) is 82.8 Å². The van der Waals surface area contributed by atoms with Gasteiger partial charge in [0.05, 0.1) is 21.3 Å². The summed E-state index contributed by atoms with van der Waals surface area (Å²) in [4.78, 5) is 8.84. The van der Waals surface area contributed by atoms with E-state index in [4.69, 9.17) is 14.2 Å². The lowest BCUT2D eigenvalue weighted by molar-refractivity contribution is 0.324. The molecule has 1 aromatic carbocycles. The molecule has 0 saturated heterocycles. The van der Waals surface area contributed by atoms with Gasteiger partial charge in [0.25, 0.3) is 5.78 Å². The fourth-order valence-corrected chi connectivity index (χ4v) is 2.57. The predicted molar refractivity (Wildman–Crippen MR) is 94.3 cm³/mol. The second kappa shape index (κ2) is 6.84. The number of methoxy groups -OCH3 is 3. The van der Waals surface area contributed by atoms with Gasteiger partial charge in [-0.05, 0) is 6.92 Å². The number of nitrogens with one attached hydrogen (secondary N) is 1. The van der Waals surface area contributed by atoms with E-state index in [0.29, 0.717) is 23.0 Å². The molecule has 0 radical (unpaired) electrons. The van der Waals surface area contributed by atoms with E-state index in [1.54, 1.807) is 25.8 Å². The highest BCUT2D eigenvalue weighted by atomic mass is 16.5. The van der Waals surface area contributed by atoms with E-state index < -0.39 is 0 Å². The quantitative estimate of drug-likeness (QED) is 0.737. The second-order valence-electron chi connectivity index (χ2n) is 5.42. The zero-order valence-electron chi connectivity index (χ0n) is 15.0. The van der Waals surface area contributed by atoms with Crippen LogP contribution in [0.4, 0.5) is 11.5 Å². The van der Waals surface area contributed by atoms with Gasteiger partial charge in [0, 0.05) is 36.0 Å². The Labute approximate surface area is 145 Å². The van der Waals surface area contributed by atoms with Crippen molar-refractivity contribution in [3.63, 3.8) is 0 Å². The fourth-order valence-electron chi connectivity index (χ4n) is 2.57. The number of hydrogen-bond donors (Lipinski definition) is 1. The Morgan fingerprint density at radius 2 is 1.68 bits per heavy atom. The van der Waals surface area contributed by atoms with E-state index in [1.165, 1.54) is 0 Å². The molecule has 8 nitrogen and oxygen atoms in total. The monoisotopic (exact) mass is 343 g/mol. The molecule has 1 N–H and O–H groups in total. The van der Waals surface area contributed by atoms with Crippen molar-refractivity contribution in [2.24, 2.45) is 0 Å². The van der Waals surface area contributed by atoms with Crippen molar-refractivity contribution in [3.8, 4) is 17.2 Å². The van der Waals surface area contributed by atoms with Crippen LogP contribution in [0.3, 0.4) is 0 Å². The molecule has 0 aliphatic rings. The zero-order valence-corrected chi connectivity index (χ0v) is 15.0. The number of fused-ring (bicyclic) bond motifs is 1. The summed E-state index contributed by atoms with van der Waals surface area (Å²) in [7, 11) is 4.74. The Balaban J connectivity index is 2.08. The van der Waals surface area contributed by atoms with Crippen LogP contribution in [0.2, 0.25) is 0 Å². The highest BCUT2D eigenvalue weighted by Crippen LogP contribution is 2.40. The van der Waals surface area contributed by atoms with Crippen LogP contribution >= 0.6 is 0 Å². The molecule has 0 amide bonds. The van der Waals surface area contributed by atoms with E-state index in [2.05, 4.69) is 20.4 Å². The molecule has 0 atom stereocenters. The van der Waals surface area contributed by atoms with Crippen molar-refractivity contribution < 1.29 is 14.2 Å². The Bertz CT molecular complexity index is 882. The average molecular weight is 343 g/mol. The largest absolute Gasteiger partial charge is 0.493 e. The van der Waals surface area contributed by atoms with Gasteiger partial charge in [-0.15, -0.1) is 5.10 Å². The van der Waals surface area contributed by atoms with Gasteiger partial charge >= 0.3 is 0 Å². The molecule has 0 aliphatic carbocycles. The minimum Gasteiger partial charge on any atom is -0.493 e. The first-order chi connectivity index (χ1) is 12.1. The summed E-state index contributed by atoms with van der Waals surface area (Å²) in [6.45, 7) is 3.93. The standard InChI is InChI=1S/C17H21N5O3/c1-6-14-20-17-18-10(2)7-15(22(17)21-14)19-11-8-12(23-3)16(25-5)13(9-11)24-4/h7-9,19H,6H2,1-5H3. The third kappa shape index (κ3) is 3.15. The van der Waals surface area contributed by atoms with Crippen LogP contribution in [0.5, 0.6) is 17.2 Å². The second-order valence-corrected chi connectivity index (χ2v) is 5.42. The third-order valence-corrected chi connectivity index (χ3v) is 3.74. The van der Waals surface area contributed by atoms with E-state index in [1.807, 2.05) is 32.0 Å². The van der Waals surface area contributed by atoms with Gasteiger partial charge in [-0.2, -0.15) is 9.50 Å². The van der Waals surface area contributed by atoms with E-state index in [9.17, 15) is 0 Å². The van der Waals surface area contributed by atoms with Crippen molar-refractivity contribution in [1.29, 1.82) is 0 Å². The van der Waals surface area contributed by atoms with Crippen molar-refractivity contribution >= 4 is 17.3 Å². The van der Waals surface area contributed by atoms with Crippen LogP contribution in [-0.2, 0) is 6.42 Å². The molecule has 2 aromatic heterocycles. The number of ether oxygens (including phenoxy) is 3. The molecule has 0 fully saturated rings. The SMILES string of the molecule is CCc1nc2nc(C)cc(Nc3cc(OC)c(OC)c(OC)c3)n2n1. The molecule has 0 unspecified atom stereocenters. The fraction of sp³-hybridized carbons (Fsp3) is 0.353. The highest BCUT2D eigenvalue weighted by molar-refractivity contribution is 5.67. The maximum absolute atomic E-state index is 5.40. The minimum absolute atomic E-state index is 0.542. The maximum Gasteiger partial charge on any atom is 0.254 e. The van der Waals surface area contributed by atoms with Crippen LogP contribution in [0.25, 0.3) is 5.78 Å². The Morgan fingerprint density at radius 3 is 2.24 bits per heavy atom. The number of nitrogens with zero attached hydrogens (tertiary/aromatic N) is 4. The number of aromatic nitrogens is 4. The molecule has 132 valence electrons. The van der Waals surface area contributed by atoms with E-state index in [0.717, 1.165) is 29.4 Å². The van der Waals surface area contributed by atoms with Gasteiger partial charge in [0.15, 0.2) is 17.3 Å². The first kappa shape index (κ1) is 16.8. The van der Waals surface area contributed by atoms with Gasteiger partial charge in [0.1, 0.15) is 5.82 Å². The Kier molecular flexibility index (Phi) is 4.60. The van der Waals surface area contributed by atoms with Gasteiger partial charge in [-0.3, -0.25) is 0 Å². The Hall–Kier alpha value is -3.03. The number of anilines is 2. The first-order valence-corrected chi connectivity index (χ1v) is 7.90. The molecule has 0 bridgehead atoms. The average Bonchev–Trinajstić information content (AvgIpc) is 3.03. The molecular weight excluding hydrogens is 322 g/mol. The van der Waals surface area contributed by atoms with Crippen molar-refractivity contribution in [3.05, 3.63) is 29.7 Å². The van der Waals surface area contributed by atoms with Crippen molar-refractivity contribution in [2.75, 3.05) is 26.6 Å². The lowest BCUT2D eigenvalue weighted by atomic mass is 10.2. The number of rotatable bonds is 6. The zero-order chi connectivity index (χ0) is 18.0. The molecule has 0 spiro atoms. The summed E-state index contributed by atoms with van der Waals surface area (Å²) in [5.41, 5.74) is 1.62. The third-order valence-electron chi connectivity index (χ3n) is 3.74. The van der Waals surface area contributed by atoms with Gasteiger partial charge < -0.3 is 19.5 Å². The molecule has 8 heteroatoms. The van der Waals surface area contributed by atoms with Crippen LogP contribution in [-0.4, -0.2) is 40.9 Å². The molecule has 3 aromatic rings. The normalized spacial score (nSPS) is 10.8. The van der Waals surface area contributed by atoms with Crippen LogP contribution < -0.4 is 19.5 Å². The van der Waals surface area contributed by atoms with Crippen LogP contribution in [0.1, 0.15) is 18.4 Å². The molecule has 25 heavy (non-hydrogen) atoms. The van der Waals surface area contributed by atoms with E-state index in [-0.39, 0.29) is 0 Å². The van der Waals surface area contributed by atoms with Crippen LogP contribution in [0.15, 0.2) is 18.2 Å². The Morgan fingerprint density at radius 1 is 1.00 bits per heavy atom. The minimum atomic E-state index is 0.542. The number of hydrogen-bond acceptors (Lipinski definition) is 7. The lowest BCUT2D eigenvalue weighted by Crippen LogP contribution is -2.04. The van der Waals surface area contributed by atoms with Crippen molar-refractivity contribution in [2.45, 2.75) is 20.3 Å². The summed E-state index contributed by atoms with van der Waals surface area (Å²) < 4.78 is 17.8. The number of aryl methyl sites for hydroxylation is 2. The molecule has 3 rings (SSSR count). The maximum atomic E-state index is 5.40. The summed E-state index contributed by atoms with van der Waals surface area (Å²) in [5, 5.41) is 7.81.